The van der Waals surface area contributed by atoms with Gasteiger partial charge in [-0.15, -0.1) is 0 Å². The van der Waals surface area contributed by atoms with Crippen molar-refractivity contribution < 1.29 is 4.79 Å². The summed E-state index contributed by atoms with van der Waals surface area (Å²) in [5, 5.41) is 0. The van der Waals surface area contributed by atoms with E-state index in [0.29, 0.717) is 17.1 Å². The summed E-state index contributed by atoms with van der Waals surface area (Å²) >= 11 is 0. The number of carbonyl (C=O) groups excluding carboxylic acids is 1. The molecule has 80 valence electrons. The van der Waals surface area contributed by atoms with Gasteiger partial charge in [0.25, 0.3) is 0 Å². The van der Waals surface area contributed by atoms with Crippen molar-refractivity contribution in [3.63, 3.8) is 0 Å². The second-order valence-corrected chi connectivity index (χ2v) is 6.25. The van der Waals surface area contributed by atoms with Crippen LogP contribution in [0.1, 0.15) is 59.3 Å². The number of fused-ring (bicyclic) bond motifs is 1. The van der Waals surface area contributed by atoms with Crippen LogP contribution < -0.4 is 0 Å². The smallest absolute Gasteiger partial charge is 0.137 e. The highest BCUT2D eigenvalue weighted by Crippen LogP contribution is 2.56. The van der Waals surface area contributed by atoms with E-state index in [1.807, 2.05) is 0 Å². The van der Waals surface area contributed by atoms with Crippen molar-refractivity contribution in [2.45, 2.75) is 59.3 Å². The minimum Gasteiger partial charge on any atom is -0.299 e. The molecular formula is C13H22O. The highest BCUT2D eigenvalue weighted by molar-refractivity contribution is 5.83. The van der Waals surface area contributed by atoms with E-state index in [9.17, 15) is 4.79 Å². The molecule has 0 aromatic rings. The topological polar surface area (TPSA) is 17.1 Å². The Morgan fingerprint density at radius 1 is 1.07 bits per heavy atom. The fourth-order valence-corrected chi connectivity index (χ4v) is 4.08. The van der Waals surface area contributed by atoms with Crippen LogP contribution in [0.15, 0.2) is 0 Å². The number of hydrogen-bond acceptors (Lipinski definition) is 1. The first-order valence-corrected chi connectivity index (χ1v) is 5.98. The van der Waals surface area contributed by atoms with E-state index in [1.165, 1.54) is 25.7 Å². The Kier molecular flexibility index (Phi) is 2.24. The van der Waals surface area contributed by atoms with Crippen molar-refractivity contribution in [2.75, 3.05) is 0 Å². The lowest BCUT2D eigenvalue weighted by molar-refractivity contribution is -0.141. The molecule has 0 unspecified atom stereocenters. The van der Waals surface area contributed by atoms with Crippen molar-refractivity contribution in [2.24, 2.45) is 16.7 Å². The molecule has 2 saturated carbocycles. The maximum atomic E-state index is 12.0. The summed E-state index contributed by atoms with van der Waals surface area (Å²) in [7, 11) is 0. The molecule has 0 aromatic heterocycles. The molecule has 0 spiro atoms. The van der Waals surface area contributed by atoms with Crippen LogP contribution >= 0.6 is 0 Å². The molecule has 0 radical (unpaired) electrons. The Labute approximate surface area is 87.3 Å². The van der Waals surface area contributed by atoms with Crippen LogP contribution in [0.2, 0.25) is 0 Å². The lowest BCUT2D eigenvalue weighted by atomic mass is 9.51. The largest absolute Gasteiger partial charge is 0.299 e. The molecule has 2 rings (SSSR count). The van der Waals surface area contributed by atoms with Crippen LogP contribution in [-0.4, -0.2) is 5.78 Å². The van der Waals surface area contributed by atoms with Gasteiger partial charge < -0.3 is 0 Å². The second kappa shape index (κ2) is 3.08. The molecule has 0 bridgehead atoms. The molecule has 1 heteroatoms. The molecule has 14 heavy (non-hydrogen) atoms. The maximum Gasteiger partial charge on any atom is 0.137 e. The van der Waals surface area contributed by atoms with Gasteiger partial charge in [-0.3, -0.25) is 4.79 Å². The van der Waals surface area contributed by atoms with Gasteiger partial charge >= 0.3 is 0 Å². The Hall–Kier alpha value is -0.330. The van der Waals surface area contributed by atoms with Gasteiger partial charge in [0.2, 0.25) is 0 Å². The molecule has 2 aliphatic carbocycles. The van der Waals surface area contributed by atoms with Crippen molar-refractivity contribution in [3.8, 4) is 0 Å². The third kappa shape index (κ3) is 1.41. The summed E-state index contributed by atoms with van der Waals surface area (Å²) in [6.07, 6.45) is 7.05. The van der Waals surface area contributed by atoms with Crippen molar-refractivity contribution in [1.82, 2.24) is 0 Å². The minimum atomic E-state index is 0.254. The zero-order valence-electron chi connectivity index (χ0n) is 9.73. The fourth-order valence-electron chi connectivity index (χ4n) is 4.08. The first kappa shape index (κ1) is 10.2. The van der Waals surface area contributed by atoms with Gasteiger partial charge in [0.15, 0.2) is 0 Å². The highest BCUT2D eigenvalue weighted by Gasteiger charge is 2.51. The summed E-state index contributed by atoms with van der Waals surface area (Å²) in [5.74, 6) is 0.890. The highest BCUT2D eigenvalue weighted by atomic mass is 16.1. The summed E-state index contributed by atoms with van der Waals surface area (Å²) in [6.45, 7) is 6.92. The quantitative estimate of drug-likeness (QED) is 0.576. The Bertz CT molecular complexity index is 250. The molecule has 2 aliphatic rings. The third-order valence-corrected chi connectivity index (χ3v) is 4.54. The SMILES string of the molecule is CC1(C)CCC[C@]2(C)CCCC(=O)[C@@H]12. The average Bonchev–Trinajstić information content (AvgIpc) is 2.00. The number of ketones is 1. The van der Waals surface area contributed by atoms with Gasteiger partial charge in [0.05, 0.1) is 0 Å². The molecule has 1 nitrogen and oxygen atoms in total. The Morgan fingerprint density at radius 2 is 1.71 bits per heavy atom. The molecule has 2 atom stereocenters. The van der Waals surface area contributed by atoms with E-state index >= 15 is 0 Å². The van der Waals surface area contributed by atoms with Crippen LogP contribution in [0.3, 0.4) is 0 Å². The van der Waals surface area contributed by atoms with E-state index in [2.05, 4.69) is 20.8 Å². The number of rotatable bonds is 0. The number of Topliss-reactive ketones (excluding diaryl/α,β-unsaturated/α-hetero) is 1. The molecule has 0 saturated heterocycles. The molecular weight excluding hydrogens is 172 g/mol. The second-order valence-electron chi connectivity index (χ2n) is 6.25. The van der Waals surface area contributed by atoms with Gasteiger partial charge in [-0.2, -0.15) is 0 Å². The van der Waals surface area contributed by atoms with E-state index in [4.69, 9.17) is 0 Å². The maximum absolute atomic E-state index is 12.0. The fraction of sp³-hybridized carbons (Fsp3) is 0.923. The van der Waals surface area contributed by atoms with E-state index in [1.54, 1.807) is 0 Å². The Balaban J connectivity index is 2.33. The van der Waals surface area contributed by atoms with Gasteiger partial charge in [-0.05, 0) is 36.5 Å². The van der Waals surface area contributed by atoms with Gasteiger partial charge in [-0.1, -0.05) is 27.2 Å². The molecule has 0 heterocycles. The van der Waals surface area contributed by atoms with Crippen molar-refractivity contribution in [3.05, 3.63) is 0 Å². The third-order valence-electron chi connectivity index (χ3n) is 4.54. The minimum absolute atomic E-state index is 0.254. The molecule has 0 aliphatic heterocycles. The van der Waals surface area contributed by atoms with E-state index in [0.717, 1.165) is 12.8 Å². The first-order chi connectivity index (χ1) is 6.46. The van der Waals surface area contributed by atoms with Crippen molar-refractivity contribution >= 4 is 5.78 Å². The molecule has 0 N–H and O–H groups in total. The molecule has 2 fully saturated rings. The monoisotopic (exact) mass is 194 g/mol. The van der Waals surface area contributed by atoms with Crippen LogP contribution in [-0.2, 0) is 4.79 Å². The Morgan fingerprint density at radius 3 is 2.36 bits per heavy atom. The van der Waals surface area contributed by atoms with E-state index < -0.39 is 0 Å². The summed E-state index contributed by atoms with van der Waals surface area (Å²) in [5.41, 5.74) is 0.585. The lowest BCUT2D eigenvalue weighted by Crippen LogP contribution is -2.48. The average molecular weight is 194 g/mol. The van der Waals surface area contributed by atoms with E-state index in [-0.39, 0.29) is 5.41 Å². The zero-order valence-corrected chi connectivity index (χ0v) is 9.73. The van der Waals surface area contributed by atoms with Crippen LogP contribution in [0.5, 0.6) is 0 Å². The lowest BCUT2D eigenvalue weighted by Gasteiger charge is -2.52. The van der Waals surface area contributed by atoms with Crippen LogP contribution in [0.25, 0.3) is 0 Å². The van der Waals surface area contributed by atoms with Gasteiger partial charge in [-0.25, -0.2) is 0 Å². The number of hydrogen-bond donors (Lipinski definition) is 0. The normalized spacial score (nSPS) is 41.9. The predicted octanol–water partition coefficient (Wildman–Crippen LogP) is 3.57. The molecule has 0 aromatic carbocycles. The number of carbonyl (C=O) groups is 1. The zero-order chi connectivity index (χ0) is 10.4. The summed E-state index contributed by atoms with van der Waals surface area (Å²) < 4.78 is 0. The predicted molar refractivity (Wildman–Crippen MR) is 58.1 cm³/mol. The summed E-state index contributed by atoms with van der Waals surface area (Å²) in [6, 6.07) is 0. The van der Waals surface area contributed by atoms with Crippen LogP contribution in [0, 0.1) is 16.7 Å². The van der Waals surface area contributed by atoms with Crippen LogP contribution in [0.4, 0.5) is 0 Å². The molecule has 0 amide bonds. The van der Waals surface area contributed by atoms with Crippen molar-refractivity contribution in [1.29, 1.82) is 0 Å². The summed E-state index contributed by atoms with van der Waals surface area (Å²) in [4.78, 5) is 12.0. The first-order valence-electron chi connectivity index (χ1n) is 5.98. The van der Waals surface area contributed by atoms with Gasteiger partial charge in [0.1, 0.15) is 5.78 Å². The van der Waals surface area contributed by atoms with Gasteiger partial charge in [0, 0.05) is 12.3 Å². The standard InChI is InChI=1S/C13H22O/c1-12(2)7-5-9-13(3)8-4-6-10(14)11(12)13/h11H,4-9H2,1-3H3/t11-,13-/m0/s1.